The van der Waals surface area contributed by atoms with Crippen LogP contribution in [0.15, 0.2) is 18.3 Å². The van der Waals surface area contributed by atoms with Gasteiger partial charge in [0.1, 0.15) is 5.69 Å². The Kier molecular flexibility index (Phi) is 3.87. The molecule has 0 bridgehead atoms. The molecule has 5 nitrogen and oxygen atoms in total. The molecule has 1 amide bonds. The van der Waals surface area contributed by atoms with Crippen LogP contribution in [0.4, 0.5) is 5.69 Å². The number of nitrogens with two attached hydrogens (primary N) is 1. The van der Waals surface area contributed by atoms with Crippen molar-refractivity contribution < 1.29 is 4.79 Å². The first kappa shape index (κ1) is 13.4. The molecule has 1 aromatic rings. The molecule has 3 heterocycles. The number of pyridine rings is 1. The van der Waals surface area contributed by atoms with Crippen LogP contribution in [0, 0.1) is 0 Å². The first-order valence-corrected chi connectivity index (χ1v) is 7.49. The fourth-order valence-electron chi connectivity index (χ4n) is 3.24. The van der Waals surface area contributed by atoms with E-state index in [1.807, 2.05) is 4.90 Å². The third-order valence-corrected chi connectivity index (χ3v) is 4.35. The smallest absolute Gasteiger partial charge is 0.272 e. The van der Waals surface area contributed by atoms with Crippen LogP contribution in [-0.2, 0) is 0 Å². The number of likely N-dealkylation sites (tertiary alicyclic amines) is 2. The first-order valence-electron chi connectivity index (χ1n) is 7.49. The number of nitrogens with zero attached hydrogens (tertiary/aromatic N) is 3. The van der Waals surface area contributed by atoms with Gasteiger partial charge >= 0.3 is 0 Å². The number of nitrogen functional groups attached to an aromatic ring is 1. The van der Waals surface area contributed by atoms with Gasteiger partial charge in [-0.15, -0.1) is 0 Å². The second-order valence-corrected chi connectivity index (χ2v) is 5.77. The quantitative estimate of drug-likeness (QED) is 0.884. The standard InChI is InChI=1S/C15H22N4O/c16-12-5-6-14(17-10-12)15(20)19-9-3-4-13(11-19)18-7-1-2-8-18/h5-6,10,13H,1-4,7-9,11,16H2. The summed E-state index contributed by atoms with van der Waals surface area (Å²) in [5.41, 5.74) is 6.71. The van der Waals surface area contributed by atoms with Crippen molar-refractivity contribution >= 4 is 11.6 Å². The summed E-state index contributed by atoms with van der Waals surface area (Å²) < 4.78 is 0. The van der Waals surface area contributed by atoms with Crippen LogP contribution in [0.2, 0.25) is 0 Å². The highest BCUT2D eigenvalue weighted by atomic mass is 16.2. The van der Waals surface area contributed by atoms with Gasteiger partial charge in [0, 0.05) is 19.1 Å². The van der Waals surface area contributed by atoms with Gasteiger partial charge in [-0.2, -0.15) is 0 Å². The van der Waals surface area contributed by atoms with Crippen molar-refractivity contribution in [3.63, 3.8) is 0 Å². The van der Waals surface area contributed by atoms with Gasteiger partial charge in [0.15, 0.2) is 0 Å². The van der Waals surface area contributed by atoms with Crippen molar-refractivity contribution in [1.29, 1.82) is 0 Å². The third kappa shape index (κ3) is 2.77. The number of carbonyl (C=O) groups is 1. The highest BCUT2D eigenvalue weighted by Gasteiger charge is 2.29. The highest BCUT2D eigenvalue weighted by molar-refractivity contribution is 5.92. The van der Waals surface area contributed by atoms with Gasteiger partial charge in [-0.3, -0.25) is 9.69 Å². The van der Waals surface area contributed by atoms with Crippen molar-refractivity contribution in [3.8, 4) is 0 Å². The normalized spacial score (nSPS) is 24.0. The van der Waals surface area contributed by atoms with Gasteiger partial charge in [-0.25, -0.2) is 4.98 Å². The maximum absolute atomic E-state index is 12.5. The van der Waals surface area contributed by atoms with E-state index in [9.17, 15) is 4.79 Å². The minimum atomic E-state index is 0.0360. The lowest BCUT2D eigenvalue weighted by Crippen LogP contribution is -2.49. The Labute approximate surface area is 119 Å². The topological polar surface area (TPSA) is 62.5 Å². The van der Waals surface area contributed by atoms with Crippen molar-refractivity contribution in [1.82, 2.24) is 14.8 Å². The van der Waals surface area contributed by atoms with Gasteiger partial charge in [-0.05, 0) is 50.9 Å². The molecule has 2 aliphatic rings. The summed E-state index contributed by atoms with van der Waals surface area (Å²) in [5.74, 6) is 0.0360. The maximum Gasteiger partial charge on any atom is 0.272 e. The summed E-state index contributed by atoms with van der Waals surface area (Å²) >= 11 is 0. The Morgan fingerprint density at radius 1 is 1.20 bits per heavy atom. The Hall–Kier alpha value is -1.62. The Bertz CT molecular complexity index is 467. The van der Waals surface area contributed by atoms with Crippen LogP contribution in [0.5, 0.6) is 0 Å². The van der Waals surface area contributed by atoms with E-state index in [-0.39, 0.29) is 5.91 Å². The second kappa shape index (κ2) is 5.79. The second-order valence-electron chi connectivity index (χ2n) is 5.77. The monoisotopic (exact) mass is 274 g/mol. The number of rotatable bonds is 2. The minimum absolute atomic E-state index is 0.0360. The Morgan fingerprint density at radius 2 is 2.00 bits per heavy atom. The van der Waals surface area contributed by atoms with Gasteiger partial charge in [0.25, 0.3) is 5.91 Å². The molecule has 5 heteroatoms. The van der Waals surface area contributed by atoms with Crippen LogP contribution in [0.25, 0.3) is 0 Å². The van der Waals surface area contributed by atoms with E-state index in [0.717, 1.165) is 19.5 Å². The molecule has 0 spiro atoms. The average Bonchev–Trinajstić information content (AvgIpc) is 3.02. The molecule has 2 aliphatic heterocycles. The average molecular weight is 274 g/mol. The molecule has 1 aromatic heterocycles. The van der Waals surface area contributed by atoms with Crippen LogP contribution in [0.1, 0.15) is 36.2 Å². The maximum atomic E-state index is 12.5. The molecular weight excluding hydrogens is 252 g/mol. The van der Waals surface area contributed by atoms with Crippen LogP contribution < -0.4 is 5.73 Å². The molecule has 2 saturated heterocycles. The van der Waals surface area contributed by atoms with E-state index in [0.29, 0.717) is 17.4 Å². The number of amides is 1. The van der Waals surface area contributed by atoms with Gasteiger partial charge in [0.2, 0.25) is 0 Å². The predicted octanol–water partition coefficient (Wildman–Crippen LogP) is 1.36. The molecule has 2 N–H and O–H groups in total. The first-order chi connectivity index (χ1) is 9.74. The van der Waals surface area contributed by atoms with E-state index in [1.54, 1.807) is 18.3 Å². The zero-order valence-electron chi connectivity index (χ0n) is 11.8. The lowest BCUT2D eigenvalue weighted by Gasteiger charge is -2.37. The fourth-order valence-corrected chi connectivity index (χ4v) is 3.24. The minimum Gasteiger partial charge on any atom is -0.397 e. The molecule has 0 saturated carbocycles. The van der Waals surface area contributed by atoms with E-state index < -0.39 is 0 Å². The number of anilines is 1. The highest BCUT2D eigenvalue weighted by Crippen LogP contribution is 2.21. The van der Waals surface area contributed by atoms with Gasteiger partial charge < -0.3 is 10.6 Å². The molecule has 0 radical (unpaired) electrons. The van der Waals surface area contributed by atoms with E-state index >= 15 is 0 Å². The van der Waals surface area contributed by atoms with Crippen molar-refractivity contribution in [3.05, 3.63) is 24.0 Å². The molecule has 3 rings (SSSR count). The zero-order valence-corrected chi connectivity index (χ0v) is 11.8. The zero-order chi connectivity index (χ0) is 13.9. The molecule has 2 fully saturated rings. The molecule has 1 atom stereocenters. The molecule has 20 heavy (non-hydrogen) atoms. The van der Waals surface area contributed by atoms with Gasteiger partial charge in [-0.1, -0.05) is 0 Å². The Balaban J connectivity index is 1.66. The summed E-state index contributed by atoms with van der Waals surface area (Å²) in [5, 5.41) is 0. The SMILES string of the molecule is Nc1ccc(C(=O)N2CCCC(N3CCCC3)C2)nc1. The van der Waals surface area contributed by atoms with E-state index in [2.05, 4.69) is 9.88 Å². The number of aromatic nitrogens is 1. The molecule has 108 valence electrons. The fraction of sp³-hybridized carbons (Fsp3) is 0.600. The molecule has 0 aliphatic carbocycles. The lowest BCUT2D eigenvalue weighted by molar-refractivity contribution is 0.0602. The van der Waals surface area contributed by atoms with Crippen molar-refractivity contribution in [2.45, 2.75) is 31.7 Å². The number of hydrogen-bond acceptors (Lipinski definition) is 4. The summed E-state index contributed by atoms with van der Waals surface area (Å²) in [7, 11) is 0. The lowest BCUT2D eigenvalue weighted by atomic mass is 10.0. The third-order valence-electron chi connectivity index (χ3n) is 4.35. The van der Waals surface area contributed by atoms with Crippen molar-refractivity contribution in [2.24, 2.45) is 0 Å². The number of piperidine rings is 1. The van der Waals surface area contributed by atoms with Crippen LogP contribution in [0.3, 0.4) is 0 Å². The molecule has 0 aromatic carbocycles. The Morgan fingerprint density at radius 3 is 2.70 bits per heavy atom. The number of hydrogen-bond donors (Lipinski definition) is 1. The van der Waals surface area contributed by atoms with Crippen LogP contribution in [-0.4, -0.2) is 52.9 Å². The van der Waals surface area contributed by atoms with Crippen LogP contribution >= 0.6 is 0 Å². The van der Waals surface area contributed by atoms with E-state index in [1.165, 1.54) is 32.4 Å². The van der Waals surface area contributed by atoms with Crippen molar-refractivity contribution in [2.75, 3.05) is 31.9 Å². The van der Waals surface area contributed by atoms with Gasteiger partial charge in [0.05, 0.1) is 11.9 Å². The summed E-state index contributed by atoms with van der Waals surface area (Å²) in [6.07, 6.45) is 6.43. The largest absolute Gasteiger partial charge is 0.397 e. The molecular formula is C15H22N4O. The summed E-state index contributed by atoms with van der Waals surface area (Å²) in [6.45, 7) is 4.06. The summed E-state index contributed by atoms with van der Waals surface area (Å²) in [4.78, 5) is 21.1. The van der Waals surface area contributed by atoms with E-state index in [4.69, 9.17) is 5.73 Å². The number of carbonyl (C=O) groups excluding carboxylic acids is 1. The predicted molar refractivity (Wildman–Crippen MR) is 78.4 cm³/mol. The summed E-state index contributed by atoms with van der Waals surface area (Å²) in [6, 6.07) is 3.99. The molecule has 1 unspecified atom stereocenters.